The van der Waals surface area contributed by atoms with Crippen LogP contribution in [0.3, 0.4) is 0 Å². The van der Waals surface area contributed by atoms with Crippen molar-refractivity contribution in [3.05, 3.63) is 70.8 Å². The number of anilines is 1. The summed E-state index contributed by atoms with van der Waals surface area (Å²) in [5, 5.41) is 12.3. The van der Waals surface area contributed by atoms with Crippen LogP contribution in [0.2, 0.25) is 0 Å². The van der Waals surface area contributed by atoms with E-state index in [9.17, 15) is 9.59 Å². The van der Waals surface area contributed by atoms with Gasteiger partial charge in [-0.05, 0) is 19.1 Å². The third kappa shape index (κ3) is 3.39. The van der Waals surface area contributed by atoms with Crippen molar-refractivity contribution in [1.29, 1.82) is 0 Å². The largest absolute Gasteiger partial charge is 0.323 e. The molecule has 0 radical (unpaired) electrons. The van der Waals surface area contributed by atoms with E-state index in [0.29, 0.717) is 11.4 Å². The van der Waals surface area contributed by atoms with Gasteiger partial charge in [0, 0.05) is 24.1 Å². The summed E-state index contributed by atoms with van der Waals surface area (Å²) in [6, 6.07) is 14.4. The molecule has 0 unspecified atom stereocenters. The standard InChI is InChI=1S/C20H18N6O2/c1-13-16-10-15(11-21-20(16)25(2)23-13)22-18(27)12-26-19(28)9-8-17(24-26)14-6-4-3-5-7-14/h3-11H,12H2,1-2H3,(H,22,27). The Hall–Kier alpha value is -3.81. The van der Waals surface area contributed by atoms with Gasteiger partial charge in [0.05, 0.1) is 23.3 Å². The number of pyridine rings is 1. The highest BCUT2D eigenvalue weighted by Crippen LogP contribution is 2.19. The average molecular weight is 374 g/mol. The molecule has 1 aromatic carbocycles. The van der Waals surface area contributed by atoms with E-state index in [1.807, 2.05) is 50.4 Å². The highest BCUT2D eigenvalue weighted by atomic mass is 16.2. The first-order valence-corrected chi connectivity index (χ1v) is 8.74. The molecule has 8 nitrogen and oxygen atoms in total. The van der Waals surface area contributed by atoms with Gasteiger partial charge in [-0.15, -0.1) is 0 Å². The molecule has 4 rings (SSSR count). The monoisotopic (exact) mass is 374 g/mol. The summed E-state index contributed by atoms with van der Waals surface area (Å²) in [7, 11) is 1.82. The minimum Gasteiger partial charge on any atom is -0.323 e. The zero-order valence-corrected chi connectivity index (χ0v) is 15.5. The maximum absolute atomic E-state index is 12.4. The van der Waals surface area contributed by atoms with Crippen molar-refractivity contribution in [2.45, 2.75) is 13.5 Å². The van der Waals surface area contributed by atoms with Gasteiger partial charge in [-0.25, -0.2) is 9.67 Å². The van der Waals surface area contributed by atoms with Crippen molar-refractivity contribution in [3.63, 3.8) is 0 Å². The van der Waals surface area contributed by atoms with Crippen LogP contribution < -0.4 is 10.9 Å². The molecule has 0 bridgehead atoms. The molecule has 0 aliphatic heterocycles. The van der Waals surface area contributed by atoms with Gasteiger partial charge in [-0.2, -0.15) is 10.2 Å². The zero-order valence-electron chi connectivity index (χ0n) is 15.5. The third-order valence-electron chi connectivity index (χ3n) is 4.38. The molecule has 3 heterocycles. The van der Waals surface area contributed by atoms with E-state index in [1.54, 1.807) is 16.9 Å². The van der Waals surface area contributed by atoms with E-state index >= 15 is 0 Å². The Balaban J connectivity index is 1.55. The Morgan fingerprint density at radius 3 is 2.68 bits per heavy atom. The summed E-state index contributed by atoms with van der Waals surface area (Å²) >= 11 is 0. The van der Waals surface area contributed by atoms with Crippen LogP contribution in [0.4, 0.5) is 5.69 Å². The molecule has 140 valence electrons. The lowest BCUT2D eigenvalue weighted by atomic mass is 10.1. The Kier molecular flexibility index (Phi) is 4.44. The second-order valence-electron chi connectivity index (χ2n) is 6.43. The highest BCUT2D eigenvalue weighted by Gasteiger charge is 2.11. The molecule has 0 saturated carbocycles. The third-order valence-corrected chi connectivity index (χ3v) is 4.38. The van der Waals surface area contributed by atoms with Crippen molar-refractivity contribution >= 4 is 22.6 Å². The molecule has 1 amide bonds. The lowest BCUT2D eigenvalue weighted by molar-refractivity contribution is -0.117. The van der Waals surface area contributed by atoms with Gasteiger partial charge >= 0.3 is 0 Å². The first kappa shape index (κ1) is 17.6. The number of nitrogens with zero attached hydrogens (tertiary/aromatic N) is 5. The fraction of sp³-hybridized carbons (Fsp3) is 0.150. The first-order valence-electron chi connectivity index (χ1n) is 8.74. The van der Waals surface area contributed by atoms with Gasteiger partial charge in [0.1, 0.15) is 6.54 Å². The minimum atomic E-state index is -0.359. The van der Waals surface area contributed by atoms with Crippen LogP contribution in [0.5, 0.6) is 0 Å². The lowest BCUT2D eigenvalue weighted by Gasteiger charge is -2.08. The number of carbonyl (C=O) groups is 1. The Morgan fingerprint density at radius 2 is 1.89 bits per heavy atom. The molecule has 8 heteroatoms. The van der Waals surface area contributed by atoms with E-state index in [4.69, 9.17) is 0 Å². The molecule has 0 spiro atoms. The van der Waals surface area contributed by atoms with E-state index < -0.39 is 0 Å². The van der Waals surface area contributed by atoms with Crippen molar-refractivity contribution in [1.82, 2.24) is 24.5 Å². The summed E-state index contributed by atoms with van der Waals surface area (Å²) in [5.74, 6) is -0.359. The normalized spacial score (nSPS) is 10.9. The van der Waals surface area contributed by atoms with Gasteiger partial charge < -0.3 is 5.32 Å². The molecule has 3 aromatic heterocycles. The molecule has 28 heavy (non-hydrogen) atoms. The quantitative estimate of drug-likeness (QED) is 0.591. The molecule has 0 fully saturated rings. The molecule has 4 aromatic rings. The molecule has 0 aliphatic rings. The van der Waals surface area contributed by atoms with Crippen molar-refractivity contribution in [3.8, 4) is 11.3 Å². The number of hydrogen-bond acceptors (Lipinski definition) is 5. The highest BCUT2D eigenvalue weighted by molar-refractivity contribution is 5.92. The average Bonchev–Trinajstić information content (AvgIpc) is 2.97. The molecule has 1 N–H and O–H groups in total. The number of aromatic nitrogens is 5. The Morgan fingerprint density at radius 1 is 1.11 bits per heavy atom. The number of nitrogens with one attached hydrogen (secondary N) is 1. The number of rotatable bonds is 4. The first-order chi connectivity index (χ1) is 13.5. The van der Waals surface area contributed by atoms with Crippen molar-refractivity contribution < 1.29 is 4.79 Å². The van der Waals surface area contributed by atoms with Gasteiger partial charge in [0.25, 0.3) is 5.56 Å². The summed E-state index contributed by atoms with van der Waals surface area (Å²) in [4.78, 5) is 28.9. The molecule has 0 saturated heterocycles. The number of fused-ring (bicyclic) bond motifs is 1. The van der Waals surface area contributed by atoms with Crippen LogP contribution in [0.1, 0.15) is 5.69 Å². The summed E-state index contributed by atoms with van der Waals surface area (Å²) < 4.78 is 2.84. The van der Waals surface area contributed by atoms with Gasteiger partial charge in [0.15, 0.2) is 5.65 Å². The molecular formula is C20H18N6O2. The lowest BCUT2D eigenvalue weighted by Crippen LogP contribution is -2.29. The van der Waals surface area contributed by atoms with E-state index in [1.165, 1.54) is 6.07 Å². The number of carbonyl (C=O) groups excluding carboxylic acids is 1. The maximum Gasteiger partial charge on any atom is 0.267 e. The van der Waals surface area contributed by atoms with Gasteiger partial charge in [0.2, 0.25) is 5.91 Å². The zero-order chi connectivity index (χ0) is 19.7. The van der Waals surface area contributed by atoms with E-state index in [2.05, 4.69) is 20.5 Å². The SMILES string of the molecule is Cc1nn(C)c2ncc(NC(=O)Cn3nc(-c4ccccc4)ccc3=O)cc12. The second-order valence-corrected chi connectivity index (χ2v) is 6.43. The van der Waals surface area contributed by atoms with Crippen molar-refractivity contribution in [2.75, 3.05) is 5.32 Å². The Bertz CT molecular complexity index is 1230. The van der Waals surface area contributed by atoms with Gasteiger partial charge in [-0.1, -0.05) is 30.3 Å². The fourth-order valence-electron chi connectivity index (χ4n) is 3.04. The van der Waals surface area contributed by atoms with Crippen LogP contribution in [0, 0.1) is 6.92 Å². The maximum atomic E-state index is 12.4. The predicted molar refractivity (Wildman–Crippen MR) is 106 cm³/mol. The van der Waals surface area contributed by atoms with Crippen molar-refractivity contribution in [2.24, 2.45) is 7.05 Å². The fourth-order valence-corrected chi connectivity index (χ4v) is 3.04. The number of aryl methyl sites for hydroxylation is 2. The summed E-state index contributed by atoms with van der Waals surface area (Å²) in [5.41, 5.74) is 3.27. The number of amides is 1. The number of benzene rings is 1. The Labute approximate surface area is 160 Å². The topological polar surface area (TPSA) is 94.7 Å². The molecule has 0 atom stereocenters. The smallest absolute Gasteiger partial charge is 0.267 e. The second kappa shape index (κ2) is 7.07. The van der Waals surface area contributed by atoms with Crippen LogP contribution in [-0.2, 0) is 18.4 Å². The molecular weight excluding hydrogens is 356 g/mol. The van der Waals surface area contributed by atoms with E-state index in [0.717, 1.165) is 27.0 Å². The minimum absolute atomic E-state index is 0.191. The van der Waals surface area contributed by atoms with Crippen LogP contribution >= 0.6 is 0 Å². The summed E-state index contributed by atoms with van der Waals surface area (Å²) in [6.07, 6.45) is 1.57. The van der Waals surface area contributed by atoms with Crippen LogP contribution in [0.25, 0.3) is 22.3 Å². The predicted octanol–water partition coefficient (Wildman–Crippen LogP) is 2.14. The van der Waals surface area contributed by atoms with Gasteiger partial charge in [-0.3, -0.25) is 14.3 Å². The molecule has 0 aliphatic carbocycles. The van der Waals surface area contributed by atoms with Crippen LogP contribution in [-0.4, -0.2) is 30.5 Å². The summed E-state index contributed by atoms with van der Waals surface area (Å²) in [6.45, 7) is 1.69. The van der Waals surface area contributed by atoms with E-state index in [-0.39, 0.29) is 18.0 Å². The number of hydrogen-bond donors (Lipinski definition) is 1. The van der Waals surface area contributed by atoms with Crippen LogP contribution in [0.15, 0.2) is 59.5 Å².